The van der Waals surface area contributed by atoms with Crippen molar-refractivity contribution in [2.75, 3.05) is 14.2 Å². The Morgan fingerprint density at radius 3 is 1.62 bits per heavy atom. The van der Waals surface area contributed by atoms with E-state index < -0.39 is 0 Å². The number of aliphatic imine (C=N–C) groups is 1. The fraction of sp³-hybridized carbons (Fsp3) is 0.0690. The molecule has 0 bridgehead atoms. The zero-order valence-electron chi connectivity index (χ0n) is 18.2. The molecule has 32 heavy (non-hydrogen) atoms. The molecule has 0 unspecified atom stereocenters. The SMILES string of the molecule is COc1ccc(/C=C(/C(=Nc2ccc(OC)cc2)c2ccccc2)c2ccccc2)cc1. The first-order chi connectivity index (χ1) is 15.8. The van der Waals surface area contributed by atoms with Crippen molar-refractivity contribution in [3.63, 3.8) is 0 Å². The van der Waals surface area contributed by atoms with E-state index in [-0.39, 0.29) is 0 Å². The van der Waals surface area contributed by atoms with Crippen molar-refractivity contribution < 1.29 is 9.47 Å². The van der Waals surface area contributed by atoms with Gasteiger partial charge in [0.2, 0.25) is 0 Å². The summed E-state index contributed by atoms with van der Waals surface area (Å²) in [5.74, 6) is 1.64. The lowest BCUT2D eigenvalue weighted by atomic mass is 9.93. The van der Waals surface area contributed by atoms with E-state index in [1.807, 2.05) is 72.8 Å². The molecule has 0 N–H and O–H groups in total. The Bertz CT molecular complexity index is 1090. The summed E-state index contributed by atoms with van der Waals surface area (Å²) in [4.78, 5) is 5.08. The molecule has 0 saturated carbocycles. The van der Waals surface area contributed by atoms with Crippen LogP contribution in [0.1, 0.15) is 16.7 Å². The Labute approximate surface area is 189 Å². The minimum absolute atomic E-state index is 0.808. The van der Waals surface area contributed by atoms with Crippen LogP contribution in [0.25, 0.3) is 11.6 Å². The summed E-state index contributed by atoms with van der Waals surface area (Å²) < 4.78 is 10.6. The number of nitrogens with zero attached hydrogens (tertiary/aromatic N) is 1. The van der Waals surface area contributed by atoms with Crippen LogP contribution in [-0.4, -0.2) is 19.9 Å². The molecular formula is C29H25NO2. The summed E-state index contributed by atoms with van der Waals surface area (Å²) in [6.45, 7) is 0. The number of rotatable bonds is 7. The molecule has 0 fully saturated rings. The lowest BCUT2D eigenvalue weighted by molar-refractivity contribution is 0.414. The highest BCUT2D eigenvalue weighted by Gasteiger charge is 2.13. The molecule has 0 aromatic heterocycles. The van der Waals surface area contributed by atoms with Gasteiger partial charge in [0.05, 0.1) is 25.6 Å². The zero-order valence-corrected chi connectivity index (χ0v) is 18.2. The molecule has 0 aliphatic carbocycles. The Morgan fingerprint density at radius 2 is 1.09 bits per heavy atom. The minimum atomic E-state index is 0.808. The van der Waals surface area contributed by atoms with Crippen molar-refractivity contribution in [1.29, 1.82) is 0 Å². The lowest BCUT2D eigenvalue weighted by Crippen LogP contribution is -2.04. The molecule has 0 radical (unpaired) electrons. The molecule has 0 saturated heterocycles. The first-order valence-electron chi connectivity index (χ1n) is 10.5. The van der Waals surface area contributed by atoms with Crippen LogP contribution in [0.2, 0.25) is 0 Å². The van der Waals surface area contributed by atoms with Crippen LogP contribution in [0.4, 0.5) is 5.69 Å². The average Bonchev–Trinajstić information content (AvgIpc) is 2.88. The van der Waals surface area contributed by atoms with E-state index in [0.717, 1.165) is 45.2 Å². The highest BCUT2D eigenvalue weighted by molar-refractivity contribution is 6.35. The molecule has 0 aliphatic heterocycles. The van der Waals surface area contributed by atoms with Crippen molar-refractivity contribution in [3.05, 3.63) is 126 Å². The van der Waals surface area contributed by atoms with E-state index in [9.17, 15) is 0 Å². The second-order valence-corrected chi connectivity index (χ2v) is 7.22. The Hall–Kier alpha value is -4.11. The molecular weight excluding hydrogens is 394 g/mol. The van der Waals surface area contributed by atoms with Crippen LogP contribution in [0.15, 0.2) is 114 Å². The molecule has 3 nitrogen and oxygen atoms in total. The van der Waals surface area contributed by atoms with Gasteiger partial charge in [0.15, 0.2) is 0 Å². The number of methoxy groups -OCH3 is 2. The molecule has 0 amide bonds. The fourth-order valence-electron chi connectivity index (χ4n) is 3.44. The maximum Gasteiger partial charge on any atom is 0.119 e. The number of allylic oxidation sites excluding steroid dienone is 1. The summed E-state index contributed by atoms with van der Waals surface area (Å²) in [6, 6.07) is 36.5. The van der Waals surface area contributed by atoms with Crippen LogP contribution < -0.4 is 9.47 Å². The Balaban J connectivity index is 1.89. The van der Waals surface area contributed by atoms with Crippen LogP contribution in [0, 0.1) is 0 Å². The van der Waals surface area contributed by atoms with Gasteiger partial charge in [-0.3, -0.25) is 0 Å². The monoisotopic (exact) mass is 419 g/mol. The van der Waals surface area contributed by atoms with Crippen LogP contribution in [-0.2, 0) is 0 Å². The maximum absolute atomic E-state index is 5.32. The molecule has 4 rings (SSSR count). The molecule has 0 heterocycles. The van der Waals surface area contributed by atoms with Gasteiger partial charge in [-0.2, -0.15) is 0 Å². The van der Waals surface area contributed by atoms with Gasteiger partial charge in [-0.25, -0.2) is 4.99 Å². The van der Waals surface area contributed by atoms with Crippen molar-refractivity contribution >= 4 is 23.0 Å². The third-order valence-electron chi connectivity index (χ3n) is 5.13. The van der Waals surface area contributed by atoms with Gasteiger partial charge >= 0.3 is 0 Å². The third kappa shape index (κ3) is 5.13. The summed E-state index contributed by atoms with van der Waals surface area (Å²) in [5, 5.41) is 0. The quantitative estimate of drug-likeness (QED) is 0.237. The molecule has 4 aromatic carbocycles. The highest BCUT2D eigenvalue weighted by atomic mass is 16.5. The van der Waals surface area contributed by atoms with Crippen molar-refractivity contribution in [3.8, 4) is 11.5 Å². The van der Waals surface area contributed by atoms with Crippen molar-refractivity contribution in [2.24, 2.45) is 4.99 Å². The molecule has 0 atom stereocenters. The first-order valence-corrected chi connectivity index (χ1v) is 10.5. The Morgan fingerprint density at radius 1 is 0.594 bits per heavy atom. The minimum Gasteiger partial charge on any atom is -0.497 e. The number of ether oxygens (including phenoxy) is 2. The van der Waals surface area contributed by atoms with Gasteiger partial charge in [0.1, 0.15) is 11.5 Å². The number of benzene rings is 4. The van der Waals surface area contributed by atoms with E-state index in [0.29, 0.717) is 0 Å². The summed E-state index contributed by atoms with van der Waals surface area (Å²) >= 11 is 0. The van der Waals surface area contributed by atoms with Crippen LogP contribution in [0.3, 0.4) is 0 Å². The fourth-order valence-corrected chi connectivity index (χ4v) is 3.44. The molecule has 4 aromatic rings. The second kappa shape index (κ2) is 10.3. The highest BCUT2D eigenvalue weighted by Crippen LogP contribution is 2.28. The summed E-state index contributed by atoms with van der Waals surface area (Å²) in [7, 11) is 3.34. The molecule has 158 valence electrons. The van der Waals surface area contributed by atoms with Gasteiger partial charge in [0.25, 0.3) is 0 Å². The average molecular weight is 420 g/mol. The normalized spacial score (nSPS) is 11.8. The maximum atomic E-state index is 5.32. The predicted octanol–water partition coefficient (Wildman–Crippen LogP) is 7.07. The van der Waals surface area contributed by atoms with Crippen molar-refractivity contribution in [1.82, 2.24) is 0 Å². The van der Waals surface area contributed by atoms with Crippen LogP contribution in [0.5, 0.6) is 11.5 Å². The first kappa shape index (κ1) is 21.1. The third-order valence-corrected chi connectivity index (χ3v) is 5.13. The van der Waals surface area contributed by atoms with Gasteiger partial charge < -0.3 is 9.47 Å². The topological polar surface area (TPSA) is 30.8 Å². The van der Waals surface area contributed by atoms with E-state index in [2.05, 4.69) is 42.5 Å². The Kier molecular flexibility index (Phi) is 6.78. The predicted molar refractivity (Wildman–Crippen MR) is 133 cm³/mol. The van der Waals surface area contributed by atoms with Crippen molar-refractivity contribution in [2.45, 2.75) is 0 Å². The van der Waals surface area contributed by atoms with E-state index in [4.69, 9.17) is 14.5 Å². The number of hydrogen-bond donors (Lipinski definition) is 0. The molecule has 3 heteroatoms. The van der Waals surface area contributed by atoms with Gasteiger partial charge in [-0.1, -0.05) is 72.8 Å². The lowest BCUT2D eigenvalue weighted by Gasteiger charge is -2.14. The largest absolute Gasteiger partial charge is 0.497 e. The van der Waals surface area contributed by atoms with Gasteiger partial charge in [-0.05, 0) is 53.6 Å². The van der Waals surface area contributed by atoms with E-state index in [1.54, 1.807) is 14.2 Å². The number of hydrogen-bond acceptors (Lipinski definition) is 3. The molecule has 0 spiro atoms. The van der Waals surface area contributed by atoms with Crippen LogP contribution >= 0.6 is 0 Å². The van der Waals surface area contributed by atoms with Gasteiger partial charge in [0, 0.05) is 11.1 Å². The standard InChI is InChI=1S/C29H25NO2/c1-31-26-17-13-22(14-18-26)21-28(23-9-5-3-6-10-23)29(24-11-7-4-8-12-24)30-25-15-19-27(32-2)20-16-25/h3-21H,1-2H3/b28-21+,30-29?. The molecule has 0 aliphatic rings. The second-order valence-electron chi connectivity index (χ2n) is 7.22. The van der Waals surface area contributed by atoms with E-state index >= 15 is 0 Å². The summed E-state index contributed by atoms with van der Waals surface area (Å²) in [5.41, 5.74) is 6.02. The van der Waals surface area contributed by atoms with E-state index in [1.165, 1.54) is 0 Å². The smallest absolute Gasteiger partial charge is 0.119 e. The zero-order chi connectivity index (χ0) is 22.2. The van der Waals surface area contributed by atoms with Gasteiger partial charge in [-0.15, -0.1) is 0 Å². The summed E-state index contributed by atoms with van der Waals surface area (Å²) in [6.07, 6.45) is 2.17.